The zero-order valence-electron chi connectivity index (χ0n) is 20.7. The van der Waals surface area contributed by atoms with Gasteiger partial charge in [-0.1, -0.05) is 24.3 Å². The number of carbonyl (C=O) groups is 3. The van der Waals surface area contributed by atoms with Crippen LogP contribution in [0.3, 0.4) is 0 Å². The van der Waals surface area contributed by atoms with Crippen LogP contribution in [0.4, 0.5) is 21.7 Å². The second-order valence-corrected chi connectivity index (χ2v) is 9.84. The Morgan fingerprint density at radius 2 is 1.76 bits per heavy atom. The average molecular weight is 500 g/mol. The molecule has 1 fully saturated rings. The second-order valence-electron chi connectivity index (χ2n) is 9.84. The van der Waals surface area contributed by atoms with E-state index in [4.69, 9.17) is 4.98 Å². The smallest absolute Gasteiger partial charge is 0.261 e. The molecule has 1 N–H and O–H groups in total. The second kappa shape index (κ2) is 8.40. The van der Waals surface area contributed by atoms with Crippen molar-refractivity contribution in [3.05, 3.63) is 82.7 Å². The molecule has 6 rings (SSSR count). The molecule has 3 aliphatic rings. The van der Waals surface area contributed by atoms with Crippen molar-refractivity contribution in [2.45, 2.75) is 37.9 Å². The van der Waals surface area contributed by atoms with Crippen LogP contribution in [0, 0.1) is 5.82 Å². The molecule has 188 valence electrons. The minimum atomic E-state index is -0.604. The molecule has 3 aromatic rings. The van der Waals surface area contributed by atoms with Crippen molar-refractivity contribution in [2.24, 2.45) is 0 Å². The van der Waals surface area contributed by atoms with Crippen molar-refractivity contribution >= 4 is 35.0 Å². The molecule has 2 aliphatic heterocycles. The summed E-state index contributed by atoms with van der Waals surface area (Å²) in [5, 5.41) is 2.98. The number of fused-ring (bicyclic) bond motifs is 2. The van der Waals surface area contributed by atoms with E-state index in [1.807, 2.05) is 6.07 Å². The zero-order valence-corrected chi connectivity index (χ0v) is 20.7. The zero-order chi connectivity index (χ0) is 26.0. The number of carbonyl (C=O) groups excluding carboxylic acids is 3. The van der Waals surface area contributed by atoms with Gasteiger partial charge in [-0.3, -0.25) is 19.3 Å². The lowest BCUT2D eigenvalue weighted by Gasteiger charge is -2.37. The molecule has 2 aromatic carbocycles. The third-order valence-corrected chi connectivity index (χ3v) is 7.48. The Kier molecular flexibility index (Phi) is 5.25. The third-order valence-electron chi connectivity index (χ3n) is 7.48. The highest BCUT2D eigenvalue weighted by Gasteiger charge is 2.43. The molecule has 1 saturated carbocycles. The highest BCUT2D eigenvalue weighted by atomic mass is 19.1. The number of nitrogens with one attached hydrogen (secondary N) is 1. The number of likely N-dealkylation sites (N-methyl/N-ethyl adjacent to an activating group) is 2. The van der Waals surface area contributed by atoms with Gasteiger partial charge in [-0.2, -0.15) is 0 Å². The minimum absolute atomic E-state index is 0.0512. The number of hydrogen-bond acceptors (Lipinski definition) is 5. The predicted molar refractivity (Wildman–Crippen MR) is 137 cm³/mol. The molecule has 2 atom stereocenters. The summed E-state index contributed by atoms with van der Waals surface area (Å²) in [7, 11) is 3.50. The summed E-state index contributed by atoms with van der Waals surface area (Å²) in [6.07, 6.45) is 1.86. The summed E-state index contributed by atoms with van der Waals surface area (Å²) in [6.45, 7) is 1.80. The summed E-state index contributed by atoms with van der Waals surface area (Å²) in [5.41, 5.74) is 2.64. The molecule has 1 aromatic heterocycles. The molecule has 0 spiro atoms. The highest BCUT2D eigenvalue weighted by Crippen LogP contribution is 2.44. The maximum absolute atomic E-state index is 14.1. The van der Waals surface area contributed by atoms with Crippen LogP contribution in [-0.2, 0) is 4.79 Å². The van der Waals surface area contributed by atoms with Gasteiger partial charge in [-0.25, -0.2) is 9.37 Å². The van der Waals surface area contributed by atoms with Crippen LogP contribution in [0.15, 0.2) is 54.6 Å². The van der Waals surface area contributed by atoms with Gasteiger partial charge in [-0.05, 0) is 61.2 Å². The maximum atomic E-state index is 14.1. The van der Waals surface area contributed by atoms with Gasteiger partial charge in [0.2, 0.25) is 5.91 Å². The van der Waals surface area contributed by atoms with Gasteiger partial charge in [0.05, 0.1) is 22.9 Å². The van der Waals surface area contributed by atoms with Crippen LogP contribution in [0.2, 0.25) is 0 Å². The first-order valence-electron chi connectivity index (χ1n) is 12.3. The number of pyridine rings is 1. The Bertz CT molecular complexity index is 1450. The highest BCUT2D eigenvalue weighted by molar-refractivity contribution is 6.17. The SMILES string of the molecule is C[C@@H]1C(=O)N(C)c2ccc(N3C(=O)c4c(C(=O)NC5CC5)cccc4C3c3ccc(F)cc3)nc2N1C. The maximum Gasteiger partial charge on any atom is 0.261 e. The molecular weight excluding hydrogens is 473 g/mol. The lowest BCUT2D eigenvalue weighted by atomic mass is 9.95. The number of anilines is 3. The minimum Gasteiger partial charge on any atom is -0.349 e. The van der Waals surface area contributed by atoms with Crippen LogP contribution < -0.4 is 20.0 Å². The van der Waals surface area contributed by atoms with E-state index in [1.54, 1.807) is 72.1 Å². The summed E-state index contributed by atoms with van der Waals surface area (Å²) in [6, 6.07) is 13.9. The van der Waals surface area contributed by atoms with E-state index in [0.29, 0.717) is 39.6 Å². The molecule has 0 radical (unpaired) electrons. The molecule has 3 amide bonds. The summed E-state index contributed by atoms with van der Waals surface area (Å²) in [4.78, 5) is 49.5. The first-order valence-corrected chi connectivity index (χ1v) is 12.3. The standard InChI is InChI=1S/C28H26FN5O3/c1-15-27(36)33(3)21-13-14-22(31-25(21)32(15)2)34-24(16-7-9-17(29)10-8-16)19-5-4-6-20(23(19)28(34)37)26(35)30-18-11-12-18/h4-10,13-15,18,24H,11-12H2,1-3H3,(H,30,35)/t15-,24?/m1/s1. The molecule has 1 unspecified atom stereocenters. The summed E-state index contributed by atoms with van der Waals surface area (Å²) >= 11 is 0. The van der Waals surface area contributed by atoms with Crippen LogP contribution >= 0.6 is 0 Å². The molecule has 0 bridgehead atoms. The van der Waals surface area contributed by atoms with Gasteiger partial charge in [0.1, 0.15) is 17.7 Å². The number of halogens is 1. The average Bonchev–Trinajstić information content (AvgIpc) is 3.67. The number of benzene rings is 2. The monoisotopic (exact) mass is 499 g/mol. The van der Waals surface area contributed by atoms with E-state index in [-0.39, 0.29) is 29.6 Å². The van der Waals surface area contributed by atoms with Gasteiger partial charge in [-0.15, -0.1) is 0 Å². The van der Waals surface area contributed by atoms with E-state index in [1.165, 1.54) is 12.1 Å². The van der Waals surface area contributed by atoms with Gasteiger partial charge in [0.25, 0.3) is 11.8 Å². The van der Waals surface area contributed by atoms with Crippen LogP contribution in [0.5, 0.6) is 0 Å². The van der Waals surface area contributed by atoms with E-state index < -0.39 is 12.1 Å². The van der Waals surface area contributed by atoms with Gasteiger partial charge >= 0.3 is 0 Å². The van der Waals surface area contributed by atoms with Crippen molar-refractivity contribution in [2.75, 3.05) is 28.8 Å². The topological polar surface area (TPSA) is 85.8 Å². The fraction of sp³-hybridized carbons (Fsp3) is 0.286. The molecule has 1 aliphatic carbocycles. The Hall–Kier alpha value is -4.27. The Balaban J connectivity index is 1.50. The number of nitrogens with zero attached hydrogens (tertiary/aromatic N) is 4. The van der Waals surface area contributed by atoms with E-state index in [0.717, 1.165) is 12.8 Å². The molecule has 8 nitrogen and oxygen atoms in total. The number of aromatic nitrogens is 1. The first kappa shape index (κ1) is 23.1. The summed E-state index contributed by atoms with van der Waals surface area (Å²) < 4.78 is 13.8. The van der Waals surface area contributed by atoms with Gasteiger partial charge < -0.3 is 15.1 Å². The normalized spacial score (nSPS) is 20.7. The Morgan fingerprint density at radius 1 is 1.03 bits per heavy atom. The third kappa shape index (κ3) is 3.64. The quantitative estimate of drug-likeness (QED) is 0.592. The Labute approximate surface area is 213 Å². The molecule has 3 heterocycles. The van der Waals surface area contributed by atoms with Crippen LogP contribution in [-0.4, -0.2) is 48.9 Å². The van der Waals surface area contributed by atoms with E-state index >= 15 is 0 Å². The number of amides is 3. The Morgan fingerprint density at radius 3 is 2.46 bits per heavy atom. The first-order chi connectivity index (χ1) is 17.8. The van der Waals surface area contributed by atoms with E-state index in [9.17, 15) is 18.8 Å². The fourth-order valence-corrected chi connectivity index (χ4v) is 5.14. The largest absolute Gasteiger partial charge is 0.349 e. The predicted octanol–water partition coefficient (Wildman–Crippen LogP) is 3.66. The number of hydrogen-bond donors (Lipinski definition) is 1. The molecule has 0 saturated heterocycles. The fourth-order valence-electron chi connectivity index (χ4n) is 5.14. The van der Waals surface area contributed by atoms with Crippen molar-refractivity contribution in [1.82, 2.24) is 10.3 Å². The van der Waals surface area contributed by atoms with Crippen molar-refractivity contribution in [3.63, 3.8) is 0 Å². The van der Waals surface area contributed by atoms with Crippen molar-refractivity contribution in [3.8, 4) is 0 Å². The van der Waals surface area contributed by atoms with Crippen molar-refractivity contribution < 1.29 is 18.8 Å². The molecule has 37 heavy (non-hydrogen) atoms. The molecular formula is C28H26FN5O3. The van der Waals surface area contributed by atoms with Gasteiger partial charge in [0, 0.05) is 20.1 Å². The van der Waals surface area contributed by atoms with Crippen LogP contribution in [0.1, 0.15) is 57.7 Å². The lowest BCUT2D eigenvalue weighted by molar-refractivity contribution is -0.119. The van der Waals surface area contributed by atoms with Crippen molar-refractivity contribution in [1.29, 1.82) is 0 Å². The van der Waals surface area contributed by atoms with E-state index in [2.05, 4.69) is 5.32 Å². The lowest BCUT2D eigenvalue weighted by Crippen LogP contribution is -2.49. The van der Waals surface area contributed by atoms with Gasteiger partial charge in [0.15, 0.2) is 5.82 Å². The molecule has 9 heteroatoms. The van der Waals surface area contributed by atoms with Crippen LogP contribution in [0.25, 0.3) is 0 Å². The summed E-state index contributed by atoms with van der Waals surface area (Å²) in [5.74, 6) is -0.115. The number of rotatable bonds is 4.